The summed E-state index contributed by atoms with van der Waals surface area (Å²) in [7, 11) is -5.77. The van der Waals surface area contributed by atoms with E-state index in [2.05, 4.69) is 4.74 Å². The number of esters is 2. The summed E-state index contributed by atoms with van der Waals surface area (Å²) in [5.41, 5.74) is 0. The molecule has 1 saturated carbocycles. The first-order valence-electron chi connectivity index (χ1n) is 10.0. The predicted octanol–water partition coefficient (Wildman–Crippen LogP) is 1.07. The first kappa shape index (κ1) is 22.7. The molecule has 3 saturated heterocycles. The Kier molecular flexibility index (Phi) is 5.53. The third-order valence-corrected chi connectivity index (χ3v) is 9.18. The van der Waals surface area contributed by atoms with E-state index in [1.54, 1.807) is 18.7 Å². The first-order valence-corrected chi connectivity index (χ1v) is 12.4. The van der Waals surface area contributed by atoms with Gasteiger partial charge in [0, 0.05) is 11.3 Å². The molecule has 3 heterocycles. The number of hydrogen-bond donors (Lipinski definition) is 1. The van der Waals surface area contributed by atoms with Crippen molar-refractivity contribution in [2.45, 2.75) is 67.1 Å². The van der Waals surface area contributed by atoms with E-state index in [1.807, 2.05) is 0 Å². The van der Waals surface area contributed by atoms with E-state index in [1.165, 1.54) is 11.8 Å². The number of likely N-dealkylation sites (tertiary alicyclic amines) is 1. The zero-order valence-electron chi connectivity index (χ0n) is 16.8. The largest absolute Gasteiger partial charge is 0.459 e. The third kappa shape index (κ3) is 3.52. The first-order chi connectivity index (χ1) is 14.3. The molecule has 0 radical (unpaired) electrons. The van der Waals surface area contributed by atoms with Crippen LogP contribution in [0.1, 0.15) is 33.1 Å². The average molecular weight is 484 g/mol. The summed E-state index contributed by atoms with van der Waals surface area (Å²) in [6.07, 6.45) is 1.56. The molecule has 0 spiro atoms. The highest BCUT2D eigenvalue weighted by Gasteiger charge is 2.72. The number of rotatable bonds is 7. The summed E-state index contributed by atoms with van der Waals surface area (Å²) in [5, 5.41) is -5.70. The smallest absolute Gasteiger partial charge is 0.402 e. The van der Waals surface area contributed by atoms with E-state index in [0.717, 1.165) is 6.42 Å². The highest BCUT2D eigenvalue weighted by molar-refractivity contribution is 8.01. The van der Waals surface area contributed by atoms with Crippen molar-refractivity contribution in [2.24, 2.45) is 17.8 Å². The Bertz CT molecular complexity index is 906. The van der Waals surface area contributed by atoms with Gasteiger partial charge in [0.05, 0.1) is 29.0 Å². The zero-order chi connectivity index (χ0) is 22.9. The van der Waals surface area contributed by atoms with Gasteiger partial charge in [0.25, 0.3) is 0 Å². The quantitative estimate of drug-likeness (QED) is 0.418. The van der Waals surface area contributed by atoms with Gasteiger partial charge in [-0.3, -0.25) is 18.9 Å². The molecule has 0 aromatic carbocycles. The van der Waals surface area contributed by atoms with Gasteiger partial charge >= 0.3 is 27.3 Å². The summed E-state index contributed by atoms with van der Waals surface area (Å²) in [5.74, 6) is -4.11. The molecular formula is C18H23F2NO8S2. The van der Waals surface area contributed by atoms with Gasteiger partial charge in [-0.05, 0) is 26.7 Å². The molecule has 174 valence electrons. The predicted molar refractivity (Wildman–Crippen MR) is 103 cm³/mol. The number of halogens is 2. The van der Waals surface area contributed by atoms with Crippen LogP contribution in [-0.4, -0.2) is 76.3 Å². The number of carbonyl (C=O) groups is 3. The van der Waals surface area contributed by atoms with E-state index in [-0.39, 0.29) is 23.1 Å². The molecule has 1 amide bonds. The Morgan fingerprint density at radius 1 is 1.26 bits per heavy atom. The second kappa shape index (κ2) is 7.55. The number of fused-ring (bicyclic) bond motifs is 1. The standard InChI is InChI=1S/C18H23F2NO8S2/c1-7(2)21-11-12(29-16(23)8-4-3-5-8)14-10(9(15(21)22)13(11)30-14)17(24)28-6-18(19,20)31(25,26)27/h7-14H,3-6H2,1-2H3,(H,25,26,27). The SMILES string of the molecule is CC(C)N1C(=O)C2C3SC(C(OC(=O)C4CCC4)C31)C2C(=O)OCC(F)(F)S(=O)(=O)O. The van der Waals surface area contributed by atoms with Crippen molar-refractivity contribution in [3.63, 3.8) is 0 Å². The second-order valence-corrected chi connectivity index (χ2v) is 11.6. The lowest BCUT2D eigenvalue weighted by Crippen LogP contribution is -2.52. The normalized spacial score (nSPS) is 34.9. The topological polar surface area (TPSA) is 127 Å². The molecule has 2 bridgehead atoms. The Labute approximate surface area is 181 Å². The number of hydrogen-bond acceptors (Lipinski definition) is 8. The number of carbonyl (C=O) groups excluding carboxylic acids is 3. The maximum Gasteiger partial charge on any atom is 0.402 e. The van der Waals surface area contributed by atoms with Gasteiger partial charge in [-0.1, -0.05) is 6.42 Å². The molecule has 0 aromatic heterocycles. The lowest BCUT2D eigenvalue weighted by Gasteiger charge is -2.36. The van der Waals surface area contributed by atoms with E-state index in [0.29, 0.717) is 12.8 Å². The lowest BCUT2D eigenvalue weighted by atomic mass is 9.78. The van der Waals surface area contributed by atoms with Gasteiger partial charge in [0.2, 0.25) is 5.91 Å². The molecule has 0 aromatic rings. The van der Waals surface area contributed by atoms with E-state index in [9.17, 15) is 31.6 Å². The lowest BCUT2D eigenvalue weighted by molar-refractivity contribution is -0.166. The molecule has 9 nitrogen and oxygen atoms in total. The molecule has 4 rings (SSSR count). The fraction of sp³-hybridized carbons (Fsp3) is 0.833. The van der Waals surface area contributed by atoms with Crippen molar-refractivity contribution in [2.75, 3.05) is 6.61 Å². The van der Waals surface area contributed by atoms with Crippen molar-refractivity contribution < 1.29 is 45.6 Å². The summed E-state index contributed by atoms with van der Waals surface area (Å²) in [6, 6.07) is -0.646. The van der Waals surface area contributed by atoms with Gasteiger partial charge in [0.15, 0.2) is 6.61 Å². The fourth-order valence-electron chi connectivity index (χ4n) is 4.86. The summed E-state index contributed by atoms with van der Waals surface area (Å²) >= 11 is 1.30. The van der Waals surface area contributed by atoms with Gasteiger partial charge in [-0.25, -0.2) is 0 Å². The van der Waals surface area contributed by atoms with Crippen LogP contribution in [0.25, 0.3) is 0 Å². The Morgan fingerprint density at radius 3 is 2.42 bits per heavy atom. The van der Waals surface area contributed by atoms with Crippen molar-refractivity contribution >= 4 is 39.7 Å². The molecule has 4 fully saturated rings. The van der Waals surface area contributed by atoms with E-state index >= 15 is 0 Å². The minimum Gasteiger partial charge on any atom is -0.459 e. The number of nitrogens with zero attached hydrogens (tertiary/aromatic N) is 1. The number of alkyl halides is 2. The van der Waals surface area contributed by atoms with Crippen LogP contribution in [0, 0.1) is 17.8 Å². The molecule has 6 atom stereocenters. The molecular weight excluding hydrogens is 460 g/mol. The maximum absolute atomic E-state index is 13.5. The van der Waals surface area contributed by atoms with Crippen LogP contribution in [-0.2, 0) is 34.0 Å². The van der Waals surface area contributed by atoms with Crippen LogP contribution in [0.3, 0.4) is 0 Å². The summed E-state index contributed by atoms with van der Waals surface area (Å²) < 4.78 is 67.5. The van der Waals surface area contributed by atoms with Crippen molar-refractivity contribution in [3.8, 4) is 0 Å². The van der Waals surface area contributed by atoms with Crippen LogP contribution < -0.4 is 0 Å². The minimum absolute atomic E-state index is 0.219. The molecule has 4 aliphatic rings. The van der Waals surface area contributed by atoms with Crippen LogP contribution in [0.5, 0.6) is 0 Å². The van der Waals surface area contributed by atoms with E-state index < -0.39 is 63.1 Å². The van der Waals surface area contributed by atoms with Crippen molar-refractivity contribution in [1.29, 1.82) is 0 Å². The van der Waals surface area contributed by atoms with Crippen LogP contribution in [0.4, 0.5) is 8.78 Å². The van der Waals surface area contributed by atoms with Gasteiger partial charge in [-0.2, -0.15) is 17.2 Å². The van der Waals surface area contributed by atoms with Gasteiger partial charge in [0.1, 0.15) is 6.10 Å². The Balaban J connectivity index is 1.57. The molecule has 1 N–H and O–H groups in total. The molecule has 1 aliphatic carbocycles. The highest BCUT2D eigenvalue weighted by atomic mass is 32.2. The van der Waals surface area contributed by atoms with Crippen LogP contribution in [0.2, 0.25) is 0 Å². The number of ether oxygens (including phenoxy) is 2. The molecule has 3 aliphatic heterocycles. The molecule has 13 heteroatoms. The van der Waals surface area contributed by atoms with Crippen molar-refractivity contribution in [1.82, 2.24) is 4.90 Å². The Hall–Kier alpha value is -1.47. The minimum atomic E-state index is -5.77. The average Bonchev–Trinajstić information content (AvgIpc) is 3.19. The van der Waals surface area contributed by atoms with Crippen LogP contribution in [0.15, 0.2) is 0 Å². The molecule has 6 unspecified atom stereocenters. The summed E-state index contributed by atoms with van der Waals surface area (Å²) in [4.78, 5) is 39.8. The van der Waals surface area contributed by atoms with Crippen LogP contribution >= 0.6 is 11.8 Å². The van der Waals surface area contributed by atoms with Gasteiger partial charge < -0.3 is 14.4 Å². The number of thioether (sulfide) groups is 1. The number of amides is 1. The second-order valence-electron chi connectivity index (χ2n) is 8.70. The Morgan fingerprint density at radius 2 is 1.90 bits per heavy atom. The van der Waals surface area contributed by atoms with E-state index in [4.69, 9.17) is 9.29 Å². The highest BCUT2D eigenvalue weighted by Crippen LogP contribution is 2.60. The van der Waals surface area contributed by atoms with Gasteiger partial charge in [-0.15, -0.1) is 11.8 Å². The van der Waals surface area contributed by atoms with Crippen molar-refractivity contribution in [3.05, 3.63) is 0 Å². The zero-order valence-corrected chi connectivity index (χ0v) is 18.4. The molecule has 31 heavy (non-hydrogen) atoms. The third-order valence-electron chi connectivity index (χ3n) is 6.55. The fourth-order valence-corrected chi connectivity index (χ4v) is 7.16. The monoisotopic (exact) mass is 483 g/mol. The maximum atomic E-state index is 13.5. The summed E-state index contributed by atoms with van der Waals surface area (Å²) in [6.45, 7) is 1.73.